The molecule has 4 nitrogen and oxygen atoms in total. The number of hydrogen-bond acceptors (Lipinski definition) is 2. The van der Waals surface area contributed by atoms with Crippen molar-refractivity contribution in [1.82, 2.24) is 0 Å². The average Bonchev–Trinajstić information content (AvgIpc) is 2.39. The summed E-state index contributed by atoms with van der Waals surface area (Å²) in [5.74, 6) is -2.03. The van der Waals surface area contributed by atoms with Gasteiger partial charge in [0.15, 0.2) is 0 Å². The number of allylic oxidation sites excluding steroid dienone is 2. The van der Waals surface area contributed by atoms with Gasteiger partial charge in [-0.2, -0.15) is 0 Å². The Bertz CT molecular complexity index is 555. The van der Waals surface area contributed by atoms with Crippen molar-refractivity contribution < 1.29 is 19.8 Å². The molecule has 0 aliphatic heterocycles. The second kappa shape index (κ2) is 4.87. The Balaban J connectivity index is 2.32. The highest BCUT2D eigenvalue weighted by Gasteiger charge is 2.16. The van der Waals surface area contributed by atoms with Gasteiger partial charge in [-0.05, 0) is 24.1 Å². The summed E-state index contributed by atoms with van der Waals surface area (Å²) < 4.78 is 0. The molecule has 4 heteroatoms. The van der Waals surface area contributed by atoms with Crippen LogP contribution in [0.2, 0.25) is 0 Å². The molecule has 1 aromatic carbocycles. The van der Waals surface area contributed by atoms with E-state index in [9.17, 15) is 9.59 Å². The second-order valence-corrected chi connectivity index (χ2v) is 4.10. The quantitative estimate of drug-likeness (QED) is 0.856. The normalized spacial score (nSPS) is 18.2. The van der Waals surface area contributed by atoms with E-state index >= 15 is 0 Å². The minimum atomic E-state index is -0.981. The van der Waals surface area contributed by atoms with Crippen LogP contribution < -0.4 is 0 Å². The van der Waals surface area contributed by atoms with Crippen molar-refractivity contribution in [3.63, 3.8) is 0 Å². The lowest BCUT2D eigenvalue weighted by molar-refractivity contribution is -0.132. The lowest BCUT2D eigenvalue weighted by Gasteiger charge is -2.15. The topological polar surface area (TPSA) is 74.6 Å². The van der Waals surface area contributed by atoms with Gasteiger partial charge in [0.2, 0.25) is 0 Å². The summed E-state index contributed by atoms with van der Waals surface area (Å²) in [7, 11) is 0. The first-order chi connectivity index (χ1) is 8.58. The van der Waals surface area contributed by atoms with E-state index in [1.807, 2.05) is 6.07 Å². The predicted octanol–water partition coefficient (Wildman–Crippen LogP) is 2.44. The Morgan fingerprint density at radius 2 is 1.94 bits per heavy atom. The Morgan fingerprint density at radius 3 is 2.61 bits per heavy atom. The van der Waals surface area contributed by atoms with Crippen LogP contribution >= 0.6 is 0 Å². The Kier molecular flexibility index (Phi) is 3.28. The Hall–Kier alpha value is -2.36. The predicted molar refractivity (Wildman–Crippen MR) is 65.6 cm³/mol. The van der Waals surface area contributed by atoms with Crippen molar-refractivity contribution in [3.8, 4) is 0 Å². The highest BCUT2D eigenvalue weighted by Crippen LogP contribution is 2.27. The fraction of sp³-hybridized carbons (Fsp3) is 0.143. The molecule has 1 unspecified atom stereocenters. The van der Waals surface area contributed by atoms with Crippen LogP contribution in [0.3, 0.4) is 0 Å². The van der Waals surface area contributed by atoms with E-state index in [2.05, 4.69) is 0 Å². The molecule has 0 spiro atoms. The lowest BCUT2D eigenvalue weighted by Crippen LogP contribution is -2.06. The third kappa shape index (κ3) is 2.48. The van der Waals surface area contributed by atoms with Gasteiger partial charge in [-0.1, -0.05) is 30.4 Å². The maximum Gasteiger partial charge on any atom is 0.335 e. The molecule has 0 heterocycles. The van der Waals surface area contributed by atoms with Gasteiger partial charge in [0, 0.05) is 5.92 Å². The van der Waals surface area contributed by atoms with Crippen LogP contribution in [0.25, 0.3) is 0 Å². The van der Waals surface area contributed by atoms with Crippen molar-refractivity contribution in [2.45, 2.75) is 12.3 Å². The standard InChI is InChI=1S/C14H12O4/c15-13(16)11-5-1-3-9(7-11)10-4-2-6-12(8-10)14(17)18/h1-3,5-8,10H,4H2,(H,15,16)(H,17,18). The SMILES string of the molecule is O=C(O)C1=CC(c2cccc(C(=O)O)c2)CC=C1. The smallest absolute Gasteiger partial charge is 0.335 e. The molecular weight excluding hydrogens is 232 g/mol. The van der Waals surface area contributed by atoms with Gasteiger partial charge in [0.25, 0.3) is 0 Å². The Morgan fingerprint density at radius 1 is 1.17 bits per heavy atom. The fourth-order valence-electron chi connectivity index (χ4n) is 1.96. The number of carbonyl (C=O) groups is 2. The van der Waals surface area contributed by atoms with Crippen LogP contribution in [0.4, 0.5) is 0 Å². The summed E-state index contributed by atoms with van der Waals surface area (Å²) in [4.78, 5) is 21.8. The molecule has 1 aromatic rings. The van der Waals surface area contributed by atoms with E-state index in [0.717, 1.165) is 5.56 Å². The molecule has 2 rings (SSSR count). The van der Waals surface area contributed by atoms with E-state index in [1.54, 1.807) is 30.4 Å². The molecule has 0 saturated heterocycles. The molecule has 0 aromatic heterocycles. The zero-order chi connectivity index (χ0) is 13.1. The lowest BCUT2D eigenvalue weighted by atomic mass is 9.89. The van der Waals surface area contributed by atoms with Crippen molar-refractivity contribution in [3.05, 3.63) is 59.2 Å². The van der Waals surface area contributed by atoms with Crippen LogP contribution in [-0.2, 0) is 4.79 Å². The summed E-state index contributed by atoms with van der Waals surface area (Å²) in [6, 6.07) is 6.59. The summed E-state index contributed by atoms with van der Waals surface area (Å²) in [5.41, 5.74) is 1.28. The Labute approximate surface area is 104 Å². The molecule has 2 N–H and O–H groups in total. The number of aliphatic carboxylic acids is 1. The third-order valence-corrected chi connectivity index (χ3v) is 2.88. The van der Waals surface area contributed by atoms with Gasteiger partial charge in [0.05, 0.1) is 11.1 Å². The van der Waals surface area contributed by atoms with E-state index in [1.165, 1.54) is 6.07 Å². The third-order valence-electron chi connectivity index (χ3n) is 2.88. The minimum absolute atomic E-state index is 0.0830. The molecule has 1 atom stereocenters. The molecule has 92 valence electrons. The zero-order valence-electron chi connectivity index (χ0n) is 9.54. The van der Waals surface area contributed by atoms with Crippen LogP contribution in [0.15, 0.2) is 48.1 Å². The molecule has 0 radical (unpaired) electrons. The molecule has 18 heavy (non-hydrogen) atoms. The van der Waals surface area contributed by atoms with Crippen LogP contribution in [0, 0.1) is 0 Å². The van der Waals surface area contributed by atoms with Crippen LogP contribution in [0.5, 0.6) is 0 Å². The van der Waals surface area contributed by atoms with Gasteiger partial charge in [-0.15, -0.1) is 0 Å². The summed E-state index contributed by atoms with van der Waals surface area (Å²) >= 11 is 0. The van der Waals surface area contributed by atoms with E-state index in [-0.39, 0.29) is 17.1 Å². The van der Waals surface area contributed by atoms with E-state index in [4.69, 9.17) is 10.2 Å². The molecule has 0 bridgehead atoms. The van der Waals surface area contributed by atoms with Crippen LogP contribution in [-0.4, -0.2) is 22.2 Å². The molecule has 1 aliphatic rings. The van der Waals surface area contributed by atoms with Crippen molar-refractivity contribution in [1.29, 1.82) is 0 Å². The van der Waals surface area contributed by atoms with Gasteiger partial charge in [0.1, 0.15) is 0 Å². The zero-order valence-corrected chi connectivity index (χ0v) is 9.54. The summed E-state index contributed by atoms with van der Waals surface area (Å²) in [6.45, 7) is 0. The number of aromatic carboxylic acids is 1. The number of carboxylic acid groups (broad SMARTS) is 2. The van der Waals surface area contributed by atoms with Gasteiger partial charge in [-0.3, -0.25) is 0 Å². The number of hydrogen-bond donors (Lipinski definition) is 2. The highest BCUT2D eigenvalue weighted by molar-refractivity contribution is 5.90. The van der Waals surface area contributed by atoms with E-state index in [0.29, 0.717) is 6.42 Å². The van der Waals surface area contributed by atoms with E-state index < -0.39 is 11.9 Å². The average molecular weight is 244 g/mol. The fourth-order valence-corrected chi connectivity index (χ4v) is 1.96. The maximum absolute atomic E-state index is 10.9. The van der Waals surface area contributed by atoms with Crippen molar-refractivity contribution >= 4 is 11.9 Å². The van der Waals surface area contributed by atoms with Gasteiger partial charge < -0.3 is 10.2 Å². The van der Waals surface area contributed by atoms with Crippen LogP contribution in [0.1, 0.15) is 28.3 Å². The minimum Gasteiger partial charge on any atom is -0.478 e. The molecule has 0 saturated carbocycles. The number of rotatable bonds is 3. The molecule has 1 aliphatic carbocycles. The van der Waals surface area contributed by atoms with Crippen molar-refractivity contribution in [2.24, 2.45) is 0 Å². The monoisotopic (exact) mass is 244 g/mol. The first kappa shape index (κ1) is 12.1. The summed E-state index contributed by atoms with van der Waals surface area (Å²) in [6.07, 6.45) is 5.70. The highest BCUT2D eigenvalue weighted by atomic mass is 16.4. The summed E-state index contributed by atoms with van der Waals surface area (Å²) in [5, 5.41) is 17.9. The molecule has 0 fully saturated rings. The second-order valence-electron chi connectivity index (χ2n) is 4.10. The molecule has 0 amide bonds. The van der Waals surface area contributed by atoms with Crippen molar-refractivity contribution in [2.75, 3.05) is 0 Å². The largest absolute Gasteiger partial charge is 0.478 e. The van der Waals surface area contributed by atoms with Gasteiger partial charge in [-0.25, -0.2) is 9.59 Å². The number of carboxylic acids is 2. The first-order valence-electron chi connectivity index (χ1n) is 5.53. The first-order valence-corrected chi connectivity index (χ1v) is 5.53. The van der Waals surface area contributed by atoms with Gasteiger partial charge >= 0.3 is 11.9 Å². The number of benzene rings is 1. The molecular formula is C14H12O4. The maximum atomic E-state index is 10.9.